The van der Waals surface area contributed by atoms with Gasteiger partial charge >= 0.3 is 0 Å². The van der Waals surface area contributed by atoms with Crippen LogP contribution < -0.4 is 0 Å². The van der Waals surface area contributed by atoms with E-state index in [1.807, 2.05) is 10.9 Å². The average molecular weight is 336 g/mol. The lowest BCUT2D eigenvalue weighted by atomic mass is 9.58. The monoisotopic (exact) mass is 336 g/mol. The van der Waals surface area contributed by atoms with Crippen molar-refractivity contribution < 1.29 is 4.39 Å². The molecule has 0 bridgehead atoms. The largest absolute Gasteiger partial charge is 0.233 e. The van der Waals surface area contributed by atoms with E-state index in [9.17, 15) is 4.39 Å². The third kappa shape index (κ3) is 2.25. The zero-order valence-corrected chi connectivity index (χ0v) is 15.1. The summed E-state index contributed by atoms with van der Waals surface area (Å²) in [5.41, 5.74) is 5.38. The molecule has 2 aromatic rings. The van der Waals surface area contributed by atoms with E-state index in [-0.39, 0.29) is 11.2 Å². The first kappa shape index (κ1) is 16.3. The number of halogens is 1. The minimum atomic E-state index is -0.219. The van der Waals surface area contributed by atoms with Crippen LogP contribution in [0.3, 0.4) is 0 Å². The molecule has 4 rings (SSSR count). The van der Waals surface area contributed by atoms with Gasteiger partial charge in [-0.2, -0.15) is 5.10 Å². The number of benzene rings is 1. The Kier molecular flexibility index (Phi) is 3.71. The first-order valence-corrected chi connectivity index (χ1v) is 9.18. The molecule has 1 fully saturated rings. The second kappa shape index (κ2) is 5.69. The predicted octanol–water partition coefficient (Wildman–Crippen LogP) is 5.72. The Morgan fingerprint density at radius 2 is 2.08 bits per heavy atom. The van der Waals surface area contributed by atoms with E-state index in [1.54, 1.807) is 12.1 Å². The van der Waals surface area contributed by atoms with Crippen LogP contribution in [0.1, 0.15) is 50.8 Å². The Hall–Kier alpha value is -2.16. The van der Waals surface area contributed by atoms with E-state index in [2.05, 4.69) is 37.7 Å². The van der Waals surface area contributed by atoms with Gasteiger partial charge in [0.2, 0.25) is 0 Å². The van der Waals surface area contributed by atoms with E-state index in [0.29, 0.717) is 5.41 Å². The van der Waals surface area contributed by atoms with Crippen LogP contribution >= 0.6 is 0 Å². The first-order chi connectivity index (χ1) is 12.0. The lowest BCUT2D eigenvalue weighted by molar-refractivity contribution is 0.112. The molecule has 1 heterocycles. The van der Waals surface area contributed by atoms with E-state index in [0.717, 1.165) is 30.6 Å². The van der Waals surface area contributed by atoms with Crippen molar-refractivity contribution in [2.45, 2.75) is 46.0 Å². The van der Waals surface area contributed by atoms with Crippen LogP contribution in [-0.4, -0.2) is 9.78 Å². The topological polar surface area (TPSA) is 17.8 Å². The van der Waals surface area contributed by atoms with E-state index in [4.69, 9.17) is 0 Å². The number of hydrogen-bond acceptors (Lipinski definition) is 1. The van der Waals surface area contributed by atoms with Gasteiger partial charge in [-0.15, -0.1) is 6.58 Å². The van der Waals surface area contributed by atoms with Crippen molar-refractivity contribution in [2.24, 2.45) is 10.8 Å². The van der Waals surface area contributed by atoms with Crippen LogP contribution in [0.4, 0.5) is 4.39 Å². The van der Waals surface area contributed by atoms with E-state index >= 15 is 0 Å². The summed E-state index contributed by atoms with van der Waals surface area (Å²) in [6.07, 6.45) is 12.1. The Labute approximate surface area is 149 Å². The third-order valence-corrected chi connectivity index (χ3v) is 6.78. The summed E-state index contributed by atoms with van der Waals surface area (Å²) in [5, 5.41) is 4.61. The highest BCUT2D eigenvalue weighted by Crippen LogP contribution is 2.63. The molecule has 0 aliphatic heterocycles. The molecule has 1 aromatic carbocycles. The Morgan fingerprint density at radius 3 is 2.76 bits per heavy atom. The zero-order valence-electron chi connectivity index (χ0n) is 15.1. The molecule has 0 amide bonds. The number of allylic oxidation sites excluding steroid dienone is 2. The molecule has 130 valence electrons. The molecule has 2 nitrogen and oxygen atoms in total. The fourth-order valence-electron chi connectivity index (χ4n) is 5.13. The lowest BCUT2D eigenvalue weighted by Gasteiger charge is -2.45. The van der Waals surface area contributed by atoms with Crippen LogP contribution in [0.25, 0.3) is 11.8 Å². The van der Waals surface area contributed by atoms with Gasteiger partial charge < -0.3 is 0 Å². The van der Waals surface area contributed by atoms with E-state index < -0.39 is 0 Å². The number of aromatic nitrogens is 2. The van der Waals surface area contributed by atoms with Crippen molar-refractivity contribution in [3.05, 3.63) is 65.8 Å². The number of fused-ring (bicyclic) bond motifs is 2. The van der Waals surface area contributed by atoms with Crippen molar-refractivity contribution >= 4 is 6.08 Å². The normalized spacial score (nSPS) is 27.6. The molecule has 2 unspecified atom stereocenters. The summed E-state index contributed by atoms with van der Waals surface area (Å²) in [6.45, 7) is 8.76. The van der Waals surface area contributed by atoms with Gasteiger partial charge in [-0.25, -0.2) is 9.07 Å². The fraction of sp³-hybridized carbons (Fsp3) is 0.409. The standard InChI is InChI=1S/C22H25FN2/c1-4-11-22(5-2)12-10-17-13-20-16(14-21(17,22)3)15-24-25(20)19-8-6-18(23)7-9-19/h4,6-9,13,15H,1,5,10-12,14H2,2-3H3. The lowest BCUT2D eigenvalue weighted by Crippen LogP contribution is -2.38. The molecule has 3 heteroatoms. The molecular formula is C22H25FN2. The zero-order chi connectivity index (χ0) is 17.7. The maximum Gasteiger partial charge on any atom is 0.123 e. The highest BCUT2D eigenvalue weighted by Gasteiger charge is 2.53. The van der Waals surface area contributed by atoms with Crippen LogP contribution in [0.15, 0.2) is 48.7 Å². The molecule has 2 aliphatic carbocycles. The van der Waals surface area contributed by atoms with Gasteiger partial charge in [-0.1, -0.05) is 25.5 Å². The van der Waals surface area contributed by atoms with Crippen LogP contribution in [0.5, 0.6) is 0 Å². The van der Waals surface area contributed by atoms with Crippen molar-refractivity contribution in [3.63, 3.8) is 0 Å². The highest BCUT2D eigenvalue weighted by molar-refractivity contribution is 5.62. The molecule has 2 aliphatic rings. The molecular weight excluding hydrogens is 311 g/mol. The van der Waals surface area contributed by atoms with Gasteiger partial charge in [-0.3, -0.25) is 0 Å². The second-order valence-electron chi connectivity index (χ2n) is 7.75. The van der Waals surface area contributed by atoms with Gasteiger partial charge in [0.1, 0.15) is 5.82 Å². The van der Waals surface area contributed by atoms with Gasteiger partial charge in [0.25, 0.3) is 0 Å². The number of rotatable bonds is 4. The molecule has 2 atom stereocenters. The first-order valence-electron chi connectivity index (χ1n) is 9.18. The minimum absolute atomic E-state index is 0.180. The van der Waals surface area contributed by atoms with Crippen LogP contribution in [-0.2, 0) is 6.42 Å². The minimum Gasteiger partial charge on any atom is -0.233 e. The number of hydrogen-bond donors (Lipinski definition) is 0. The fourth-order valence-corrected chi connectivity index (χ4v) is 5.13. The summed E-state index contributed by atoms with van der Waals surface area (Å²) in [4.78, 5) is 0. The van der Waals surface area contributed by atoms with Crippen LogP contribution in [0.2, 0.25) is 0 Å². The summed E-state index contributed by atoms with van der Waals surface area (Å²) in [5.74, 6) is -0.219. The highest BCUT2D eigenvalue weighted by atomic mass is 19.1. The second-order valence-corrected chi connectivity index (χ2v) is 7.75. The Bertz CT molecular complexity index is 845. The van der Waals surface area contributed by atoms with E-state index in [1.165, 1.54) is 36.1 Å². The average Bonchev–Trinajstić information content (AvgIpc) is 3.13. The molecule has 1 saturated carbocycles. The van der Waals surface area contributed by atoms with Crippen LogP contribution in [0, 0.1) is 16.6 Å². The SMILES string of the molecule is C=CCC1(CC)CCC2=Cc3c(cnn3-c3ccc(F)cc3)CC21C. The van der Waals surface area contributed by atoms with Gasteiger partial charge in [0.05, 0.1) is 17.6 Å². The predicted molar refractivity (Wildman–Crippen MR) is 100 cm³/mol. The molecule has 25 heavy (non-hydrogen) atoms. The quantitative estimate of drug-likeness (QED) is 0.653. The molecule has 0 radical (unpaired) electrons. The molecule has 0 spiro atoms. The summed E-state index contributed by atoms with van der Waals surface area (Å²) in [6, 6.07) is 6.56. The van der Waals surface area contributed by atoms with Gasteiger partial charge in [0.15, 0.2) is 0 Å². The summed E-state index contributed by atoms with van der Waals surface area (Å²) < 4.78 is 15.2. The van der Waals surface area contributed by atoms with Crippen molar-refractivity contribution in [2.75, 3.05) is 0 Å². The van der Waals surface area contributed by atoms with Gasteiger partial charge in [-0.05, 0) is 78.8 Å². The molecule has 0 saturated heterocycles. The van der Waals surface area contributed by atoms with Gasteiger partial charge in [0, 0.05) is 0 Å². The molecule has 0 N–H and O–H groups in total. The third-order valence-electron chi connectivity index (χ3n) is 6.78. The Morgan fingerprint density at radius 1 is 1.32 bits per heavy atom. The summed E-state index contributed by atoms with van der Waals surface area (Å²) in [7, 11) is 0. The Balaban J connectivity index is 1.79. The van der Waals surface area contributed by atoms with Crippen molar-refractivity contribution in [1.82, 2.24) is 9.78 Å². The smallest absolute Gasteiger partial charge is 0.123 e. The van der Waals surface area contributed by atoms with Crippen molar-refractivity contribution in [3.8, 4) is 5.69 Å². The number of nitrogens with zero attached hydrogens (tertiary/aromatic N) is 2. The maximum atomic E-state index is 13.2. The van der Waals surface area contributed by atoms with Crippen molar-refractivity contribution in [1.29, 1.82) is 0 Å². The maximum absolute atomic E-state index is 13.2. The molecule has 1 aromatic heterocycles. The summed E-state index contributed by atoms with van der Waals surface area (Å²) >= 11 is 0.